The summed E-state index contributed by atoms with van der Waals surface area (Å²) in [5.41, 5.74) is -0.470. The maximum atomic E-state index is 12.8. The quantitative estimate of drug-likeness (QED) is 0.593. The minimum Gasteiger partial charge on any atom is -0.486 e. The minimum absolute atomic E-state index is 0.200. The Morgan fingerprint density at radius 1 is 0.931 bits per heavy atom. The lowest BCUT2D eigenvalue weighted by Gasteiger charge is -2.24. The highest BCUT2D eigenvalue weighted by molar-refractivity contribution is 6.15. The summed E-state index contributed by atoms with van der Waals surface area (Å²) < 4.78 is 15.7. The van der Waals surface area contributed by atoms with Crippen molar-refractivity contribution in [3.05, 3.63) is 48.0 Å². The van der Waals surface area contributed by atoms with Crippen molar-refractivity contribution in [3.8, 4) is 11.5 Å². The normalized spacial score (nSPS) is 12.7. The van der Waals surface area contributed by atoms with E-state index in [0.717, 1.165) is 0 Å². The number of carbonyl (C=O) groups excluding carboxylic acids is 3. The van der Waals surface area contributed by atoms with Gasteiger partial charge in [0, 0.05) is 11.8 Å². The average Bonchev–Trinajstić information content (AvgIpc) is 2.73. The smallest absolute Gasteiger partial charge is 0.339 e. The van der Waals surface area contributed by atoms with Crippen LogP contribution < -0.4 is 20.1 Å². The fourth-order valence-corrected chi connectivity index (χ4v) is 2.67. The van der Waals surface area contributed by atoms with Gasteiger partial charge in [0.2, 0.25) is 11.8 Å². The molecule has 0 radical (unpaired) electrons. The van der Waals surface area contributed by atoms with Crippen LogP contribution in [0, 0.1) is 5.41 Å². The molecule has 2 aromatic rings. The van der Waals surface area contributed by atoms with Crippen molar-refractivity contribution < 1.29 is 28.6 Å². The third-order valence-electron chi connectivity index (χ3n) is 4.52. The molecule has 0 spiro atoms. The molecule has 8 heteroatoms. The number of rotatable bonds is 5. The number of amides is 2. The van der Waals surface area contributed by atoms with Crippen LogP contribution in [0.15, 0.2) is 42.5 Å². The standard InChI is InChI=1S/C21H22N2O6/c1-21(2,20(26)23-15-7-5-4-6-14(15)18(24)27-3)19(25)22-13-8-9-16-17(12-13)29-11-10-28-16/h4-9,12H,10-11H2,1-3H3,(H,22,25)(H,23,26). The number of esters is 1. The molecule has 2 aromatic carbocycles. The Hall–Kier alpha value is -3.55. The first-order valence-electron chi connectivity index (χ1n) is 9.03. The van der Waals surface area contributed by atoms with E-state index in [1.807, 2.05) is 0 Å². The van der Waals surface area contributed by atoms with Crippen LogP contribution in [0.1, 0.15) is 24.2 Å². The molecular weight excluding hydrogens is 376 g/mol. The van der Waals surface area contributed by atoms with Crippen LogP contribution in [0.4, 0.5) is 11.4 Å². The van der Waals surface area contributed by atoms with Gasteiger partial charge < -0.3 is 24.8 Å². The third-order valence-corrected chi connectivity index (χ3v) is 4.52. The molecule has 29 heavy (non-hydrogen) atoms. The van der Waals surface area contributed by atoms with Crippen LogP contribution in [0.25, 0.3) is 0 Å². The van der Waals surface area contributed by atoms with Crippen molar-refractivity contribution in [1.29, 1.82) is 0 Å². The van der Waals surface area contributed by atoms with Gasteiger partial charge in [0.25, 0.3) is 0 Å². The van der Waals surface area contributed by atoms with Crippen LogP contribution in [0.2, 0.25) is 0 Å². The van der Waals surface area contributed by atoms with Gasteiger partial charge in [0.05, 0.1) is 18.4 Å². The van der Waals surface area contributed by atoms with Gasteiger partial charge in [-0.2, -0.15) is 0 Å². The molecule has 0 aliphatic carbocycles. The fraction of sp³-hybridized carbons (Fsp3) is 0.286. The van der Waals surface area contributed by atoms with Crippen LogP contribution in [0.5, 0.6) is 11.5 Å². The van der Waals surface area contributed by atoms with E-state index >= 15 is 0 Å². The second kappa shape index (κ2) is 8.22. The van der Waals surface area contributed by atoms with E-state index in [1.54, 1.807) is 36.4 Å². The van der Waals surface area contributed by atoms with E-state index in [4.69, 9.17) is 14.2 Å². The molecule has 2 N–H and O–H groups in total. The number of para-hydroxylation sites is 1. The molecule has 0 saturated carbocycles. The van der Waals surface area contributed by atoms with E-state index in [1.165, 1.54) is 27.0 Å². The van der Waals surface area contributed by atoms with Crippen molar-refractivity contribution in [1.82, 2.24) is 0 Å². The molecule has 0 unspecified atom stereocenters. The van der Waals surface area contributed by atoms with Crippen molar-refractivity contribution in [2.75, 3.05) is 31.0 Å². The molecule has 1 heterocycles. The van der Waals surface area contributed by atoms with Gasteiger partial charge in [-0.15, -0.1) is 0 Å². The first kappa shape index (κ1) is 20.2. The number of carbonyl (C=O) groups is 3. The molecule has 0 fully saturated rings. The molecule has 2 amide bonds. The van der Waals surface area contributed by atoms with Crippen molar-refractivity contribution in [2.24, 2.45) is 5.41 Å². The summed E-state index contributed by atoms with van der Waals surface area (Å²) in [4.78, 5) is 37.4. The van der Waals surface area contributed by atoms with Crippen LogP contribution >= 0.6 is 0 Å². The number of anilines is 2. The summed E-state index contributed by atoms with van der Waals surface area (Å²) >= 11 is 0. The van der Waals surface area contributed by atoms with Gasteiger partial charge >= 0.3 is 5.97 Å². The van der Waals surface area contributed by atoms with Crippen molar-refractivity contribution in [3.63, 3.8) is 0 Å². The Morgan fingerprint density at radius 3 is 2.31 bits per heavy atom. The van der Waals surface area contributed by atoms with Gasteiger partial charge in [0.15, 0.2) is 11.5 Å². The molecule has 3 rings (SSSR count). The van der Waals surface area contributed by atoms with Crippen molar-refractivity contribution >= 4 is 29.2 Å². The number of hydrogen-bond acceptors (Lipinski definition) is 6. The lowest BCUT2D eigenvalue weighted by atomic mass is 9.90. The second-order valence-electron chi connectivity index (χ2n) is 6.93. The highest BCUT2D eigenvalue weighted by Crippen LogP contribution is 2.33. The zero-order valence-corrected chi connectivity index (χ0v) is 16.4. The highest BCUT2D eigenvalue weighted by atomic mass is 16.6. The summed E-state index contributed by atoms with van der Waals surface area (Å²) in [5.74, 6) is -0.528. The average molecular weight is 398 g/mol. The Kier molecular flexibility index (Phi) is 5.72. The lowest BCUT2D eigenvalue weighted by Crippen LogP contribution is -2.41. The second-order valence-corrected chi connectivity index (χ2v) is 6.93. The Bertz CT molecular complexity index is 954. The molecule has 1 aliphatic rings. The van der Waals surface area contributed by atoms with Gasteiger partial charge in [0.1, 0.15) is 18.6 Å². The fourth-order valence-electron chi connectivity index (χ4n) is 2.67. The number of hydrogen-bond donors (Lipinski definition) is 2. The van der Waals surface area contributed by atoms with Gasteiger partial charge in [-0.3, -0.25) is 9.59 Å². The number of benzene rings is 2. The summed E-state index contributed by atoms with van der Waals surface area (Å²) in [6.45, 7) is 3.89. The molecule has 0 atom stereocenters. The van der Waals surface area contributed by atoms with Gasteiger partial charge in [-0.05, 0) is 38.1 Å². The molecule has 152 valence electrons. The number of methoxy groups -OCH3 is 1. The first-order valence-corrected chi connectivity index (χ1v) is 9.03. The third kappa shape index (κ3) is 4.31. The SMILES string of the molecule is COC(=O)c1ccccc1NC(=O)C(C)(C)C(=O)Nc1ccc2c(c1)OCCO2. The summed E-state index contributed by atoms with van der Waals surface area (Å²) in [6.07, 6.45) is 0. The summed E-state index contributed by atoms with van der Waals surface area (Å²) in [7, 11) is 1.26. The molecule has 0 saturated heterocycles. The molecule has 1 aliphatic heterocycles. The molecular formula is C21H22N2O6. The number of nitrogens with one attached hydrogen (secondary N) is 2. The van der Waals surface area contributed by atoms with E-state index in [9.17, 15) is 14.4 Å². The van der Waals surface area contributed by atoms with E-state index in [-0.39, 0.29) is 11.3 Å². The Morgan fingerprint density at radius 2 is 1.59 bits per heavy atom. The Labute approximate surface area is 168 Å². The van der Waals surface area contributed by atoms with Crippen molar-refractivity contribution in [2.45, 2.75) is 13.8 Å². The zero-order valence-electron chi connectivity index (χ0n) is 16.4. The predicted molar refractivity (Wildman–Crippen MR) is 106 cm³/mol. The van der Waals surface area contributed by atoms with E-state index < -0.39 is 23.2 Å². The predicted octanol–water partition coefficient (Wildman–Crippen LogP) is 2.85. The highest BCUT2D eigenvalue weighted by Gasteiger charge is 2.37. The minimum atomic E-state index is -1.42. The maximum Gasteiger partial charge on any atom is 0.339 e. The molecule has 0 aromatic heterocycles. The lowest BCUT2D eigenvalue weighted by molar-refractivity contribution is -0.135. The topological polar surface area (TPSA) is 103 Å². The summed E-state index contributed by atoms with van der Waals surface area (Å²) in [6, 6.07) is 11.4. The van der Waals surface area contributed by atoms with Gasteiger partial charge in [-0.1, -0.05) is 12.1 Å². The van der Waals surface area contributed by atoms with Crippen LogP contribution in [-0.2, 0) is 14.3 Å². The number of fused-ring (bicyclic) bond motifs is 1. The molecule has 8 nitrogen and oxygen atoms in total. The largest absolute Gasteiger partial charge is 0.486 e. The number of ether oxygens (including phenoxy) is 3. The first-order chi connectivity index (χ1) is 13.8. The monoisotopic (exact) mass is 398 g/mol. The molecule has 0 bridgehead atoms. The summed E-state index contributed by atoms with van der Waals surface area (Å²) in [5, 5.41) is 5.36. The van der Waals surface area contributed by atoms with E-state index in [0.29, 0.717) is 30.4 Å². The van der Waals surface area contributed by atoms with Crippen LogP contribution in [-0.4, -0.2) is 38.1 Å². The zero-order chi connectivity index (χ0) is 21.0. The van der Waals surface area contributed by atoms with E-state index in [2.05, 4.69) is 10.6 Å². The Balaban J connectivity index is 1.74. The van der Waals surface area contributed by atoms with Crippen LogP contribution in [0.3, 0.4) is 0 Å². The maximum absolute atomic E-state index is 12.8. The van der Waals surface area contributed by atoms with Gasteiger partial charge in [-0.25, -0.2) is 4.79 Å².